The van der Waals surface area contributed by atoms with Gasteiger partial charge in [-0.15, -0.1) is 11.3 Å². The van der Waals surface area contributed by atoms with Crippen molar-refractivity contribution in [3.63, 3.8) is 0 Å². The number of hydrogen-bond acceptors (Lipinski definition) is 8. The maximum absolute atomic E-state index is 12.2. The van der Waals surface area contributed by atoms with E-state index >= 15 is 0 Å². The van der Waals surface area contributed by atoms with Gasteiger partial charge in [-0.1, -0.05) is 11.8 Å². The number of anilines is 1. The van der Waals surface area contributed by atoms with Crippen molar-refractivity contribution < 1.29 is 23.8 Å². The van der Waals surface area contributed by atoms with E-state index in [1.54, 1.807) is 37.6 Å². The Morgan fingerprint density at radius 1 is 1.27 bits per heavy atom. The normalized spacial score (nSPS) is 10.3. The highest BCUT2D eigenvalue weighted by atomic mass is 32.2. The summed E-state index contributed by atoms with van der Waals surface area (Å²) in [5.41, 5.74) is 1.19. The molecule has 0 radical (unpaired) electrons. The molecule has 140 valence electrons. The van der Waals surface area contributed by atoms with Crippen LogP contribution in [0.25, 0.3) is 0 Å². The number of thiazole rings is 1. The minimum atomic E-state index is -0.308. The summed E-state index contributed by atoms with van der Waals surface area (Å²) in [6.45, 7) is 2.11. The van der Waals surface area contributed by atoms with E-state index in [1.165, 1.54) is 30.2 Å². The van der Waals surface area contributed by atoms with Gasteiger partial charge in [-0.3, -0.25) is 9.59 Å². The number of amides is 1. The average molecular weight is 396 g/mol. The predicted molar refractivity (Wildman–Crippen MR) is 101 cm³/mol. The van der Waals surface area contributed by atoms with Gasteiger partial charge in [0.25, 0.3) is 0 Å². The quantitative estimate of drug-likeness (QED) is 0.515. The molecule has 0 saturated carbocycles. The first-order chi connectivity index (χ1) is 12.5. The van der Waals surface area contributed by atoms with E-state index in [2.05, 4.69) is 10.3 Å². The number of ether oxygens (including phenoxy) is 3. The Bertz CT molecular complexity index is 763. The zero-order valence-electron chi connectivity index (χ0n) is 14.7. The van der Waals surface area contributed by atoms with Gasteiger partial charge in [-0.25, -0.2) is 4.98 Å². The molecule has 2 aromatic rings. The molecule has 1 heterocycles. The number of nitrogens with zero attached hydrogens (tertiary/aromatic N) is 1. The fraction of sp³-hybridized carbons (Fsp3) is 0.353. The van der Waals surface area contributed by atoms with E-state index in [1.807, 2.05) is 0 Å². The third-order valence-electron chi connectivity index (χ3n) is 3.17. The summed E-state index contributed by atoms with van der Waals surface area (Å²) in [5.74, 6) is 0.862. The van der Waals surface area contributed by atoms with Crippen molar-refractivity contribution in [1.29, 1.82) is 0 Å². The first-order valence-corrected chi connectivity index (χ1v) is 9.67. The Labute approximate surface area is 160 Å². The van der Waals surface area contributed by atoms with Crippen LogP contribution in [-0.4, -0.2) is 43.4 Å². The second kappa shape index (κ2) is 10.0. The van der Waals surface area contributed by atoms with Gasteiger partial charge in [-0.05, 0) is 19.1 Å². The fourth-order valence-electron chi connectivity index (χ4n) is 2.02. The zero-order valence-corrected chi connectivity index (χ0v) is 16.4. The van der Waals surface area contributed by atoms with Crippen LogP contribution in [0.1, 0.15) is 12.6 Å². The minimum Gasteiger partial charge on any atom is -0.497 e. The van der Waals surface area contributed by atoms with Gasteiger partial charge in [0, 0.05) is 11.4 Å². The van der Waals surface area contributed by atoms with Crippen molar-refractivity contribution in [2.45, 2.75) is 17.7 Å². The van der Waals surface area contributed by atoms with Crippen molar-refractivity contribution in [2.75, 3.05) is 31.9 Å². The Morgan fingerprint density at radius 3 is 2.77 bits per heavy atom. The van der Waals surface area contributed by atoms with Gasteiger partial charge in [-0.2, -0.15) is 0 Å². The van der Waals surface area contributed by atoms with Gasteiger partial charge in [0.15, 0.2) is 4.34 Å². The number of methoxy groups -OCH3 is 2. The molecule has 1 N–H and O–H groups in total. The average Bonchev–Trinajstić information content (AvgIpc) is 3.07. The molecule has 0 fully saturated rings. The smallest absolute Gasteiger partial charge is 0.311 e. The number of carbonyl (C=O) groups excluding carboxylic acids is 2. The third-order valence-corrected chi connectivity index (χ3v) is 5.24. The van der Waals surface area contributed by atoms with Gasteiger partial charge in [0.05, 0.1) is 44.4 Å². The van der Waals surface area contributed by atoms with Crippen LogP contribution in [0.15, 0.2) is 27.9 Å². The largest absolute Gasteiger partial charge is 0.497 e. The van der Waals surface area contributed by atoms with E-state index < -0.39 is 0 Å². The number of esters is 1. The highest BCUT2D eigenvalue weighted by Gasteiger charge is 2.12. The van der Waals surface area contributed by atoms with Gasteiger partial charge in [0.2, 0.25) is 5.91 Å². The summed E-state index contributed by atoms with van der Waals surface area (Å²) in [6, 6.07) is 5.18. The maximum atomic E-state index is 12.2. The summed E-state index contributed by atoms with van der Waals surface area (Å²) >= 11 is 2.69. The molecular formula is C17H20N2O5S2. The highest BCUT2D eigenvalue weighted by Crippen LogP contribution is 2.29. The van der Waals surface area contributed by atoms with E-state index in [4.69, 9.17) is 14.2 Å². The van der Waals surface area contributed by atoms with E-state index in [-0.39, 0.29) is 24.1 Å². The molecule has 0 bridgehead atoms. The first-order valence-electron chi connectivity index (χ1n) is 7.80. The SMILES string of the molecule is CCOC(=O)Cc1csc(SCC(=O)Nc2cc(OC)ccc2OC)n1. The molecule has 1 aromatic carbocycles. The number of nitrogens with one attached hydrogen (secondary N) is 1. The Balaban J connectivity index is 1.89. The molecule has 0 spiro atoms. The number of rotatable bonds is 9. The molecule has 0 atom stereocenters. The molecule has 0 unspecified atom stereocenters. The highest BCUT2D eigenvalue weighted by molar-refractivity contribution is 8.01. The molecule has 9 heteroatoms. The molecule has 0 aliphatic heterocycles. The van der Waals surface area contributed by atoms with Gasteiger partial charge in [0.1, 0.15) is 11.5 Å². The van der Waals surface area contributed by atoms with Crippen LogP contribution in [0.5, 0.6) is 11.5 Å². The van der Waals surface area contributed by atoms with Crippen molar-refractivity contribution >= 4 is 40.7 Å². The first kappa shape index (κ1) is 20.1. The third kappa shape index (κ3) is 5.92. The molecule has 0 aliphatic carbocycles. The number of benzene rings is 1. The molecule has 1 aromatic heterocycles. The number of hydrogen-bond donors (Lipinski definition) is 1. The van der Waals surface area contributed by atoms with Crippen LogP contribution in [0.4, 0.5) is 5.69 Å². The Kier molecular flexibility index (Phi) is 7.73. The van der Waals surface area contributed by atoms with Crippen molar-refractivity contribution in [2.24, 2.45) is 0 Å². The standard InChI is InChI=1S/C17H20N2O5S2/c1-4-24-16(21)7-11-9-25-17(18-11)26-10-15(20)19-13-8-12(22-2)5-6-14(13)23-3/h5-6,8-9H,4,7,10H2,1-3H3,(H,19,20). The monoisotopic (exact) mass is 396 g/mol. The number of aromatic nitrogens is 1. The summed E-state index contributed by atoms with van der Waals surface area (Å²) in [7, 11) is 3.09. The van der Waals surface area contributed by atoms with Crippen molar-refractivity contribution in [1.82, 2.24) is 4.98 Å². The lowest BCUT2D eigenvalue weighted by Gasteiger charge is -2.11. The molecule has 0 aliphatic rings. The summed E-state index contributed by atoms with van der Waals surface area (Å²) < 4.78 is 16.0. The summed E-state index contributed by atoms with van der Waals surface area (Å²) in [6.07, 6.45) is 0.137. The zero-order chi connectivity index (χ0) is 18.9. The van der Waals surface area contributed by atoms with Crippen LogP contribution in [0, 0.1) is 0 Å². The molecule has 7 nitrogen and oxygen atoms in total. The molecular weight excluding hydrogens is 376 g/mol. The predicted octanol–water partition coefficient (Wildman–Crippen LogP) is 3.00. The van der Waals surface area contributed by atoms with Crippen LogP contribution in [0.3, 0.4) is 0 Å². The molecule has 2 rings (SSSR count). The van der Waals surface area contributed by atoms with Gasteiger partial charge < -0.3 is 19.5 Å². The summed E-state index contributed by atoms with van der Waals surface area (Å²) in [4.78, 5) is 28.0. The van der Waals surface area contributed by atoms with Crippen LogP contribution >= 0.6 is 23.1 Å². The van der Waals surface area contributed by atoms with Crippen molar-refractivity contribution in [3.8, 4) is 11.5 Å². The minimum absolute atomic E-state index is 0.137. The number of thioether (sulfide) groups is 1. The lowest BCUT2D eigenvalue weighted by molar-refractivity contribution is -0.142. The molecule has 26 heavy (non-hydrogen) atoms. The molecule has 1 amide bonds. The maximum Gasteiger partial charge on any atom is 0.311 e. The Hall–Kier alpha value is -2.26. The van der Waals surface area contributed by atoms with E-state index in [0.717, 1.165) is 4.34 Å². The lowest BCUT2D eigenvalue weighted by atomic mass is 10.2. The van der Waals surface area contributed by atoms with E-state index in [9.17, 15) is 9.59 Å². The molecule has 0 saturated heterocycles. The van der Waals surface area contributed by atoms with Gasteiger partial charge >= 0.3 is 5.97 Å². The second-order valence-electron chi connectivity index (χ2n) is 4.99. The second-order valence-corrected chi connectivity index (χ2v) is 7.07. The Morgan fingerprint density at radius 2 is 2.08 bits per heavy atom. The lowest BCUT2D eigenvalue weighted by Crippen LogP contribution is -2.14. The van der Waals surface area contributed by atoms with Crippen LogP contribution < -0.4 is 14.8 Å². The van der Waals surface area contributed by atoms with Crippen molar-refractivity contribution in [3.05, 3.63) is 29.3 Å². The fourth-order valence-corrected chi connectivity index (χ4v) is 3.67. The topological polar surface area (TPSA) is 86.8 Å². The summed E-state index contributed by atoms with van der Waals surface area (Å²) in [5, 5.41) is 4.59. The van der Waals surface area contributed by atoms with Crippen LogP contribution in [0.2, 0.25) is 0 Å². The number of carbonyl (C=O) groups is 2. The van der Waals surface area contributed by atoms with Crippen LogP contribution in [-0.2, 0) is 20.7 Å². The van der Waals surface area contributed by atoms with E-state index in [0.29, 0.717) is 29.5 Å².